The Morgan fingerprint density at radius 3 is 1.92 bits per heavy atom. The van der Waals surface area contributed by atoms with Crippen LogP contribution in [0.1, 0.15) is 11.1 Å². The summed E-state index contributed by atoms with van der Waals surface area (Å²) >= 11 is 0. The van der Waals surface area contributed by atoms with E-state index < -0.39 is 0 Å². The van der Waals surface area contributed by atoms with Crippen LogP contribution in [0.4, 0.5) is 0 Å². The molecule has 6 aromatic carbocycles. The number of nitrogens with zero attached hydrogens (tertiary/aromatic N) is 1. The monoisotopic (exact) mass is 483 g/mol. The van der Waals surface area contributed by atoms with Crippen LogP contribution in [-0.4, -0.2) is 4.57 Å². The molecule has 0 fully saturated rings. The largest absolute Gasteiger partial charge is 0.309 e. The van der Waals surface area contributed by atoms with Gasteiger partial charge in [0.1, 0.15) is 0 Å². The Kier molecular flexibility index (Phi) is 4.65. The second-order valence-corrected chi connectivity index (χ2v) is 10.2. The summed E-state index contributed by atoms with van der Waals surface area (Å²) < 4.78 is 2.41. The molecule has 0 amide bonds. The van der Waals surface area contributed by atoms with Crippen LogP contribution in [0, 0.1) is 0 Å². The van der Waals surface area contributed by atoms with Crippen molar-refractivity contribution in [3.05, 3.63) is 151 Å². The number of fused-ring (bicyclic) bond motifs is 6. The fourth-order valence-corrected chi connectivity index (χ4v) is 6.17. The quantitative estimate of drug-likeness (QED) is 0.236. The summed E-state index contributed by atoms with van der Waals surface area (Å²) in [6.45, 7) is 0. The van der Waals surface area contributed by atoms with Gasteiger partial charge in [-0.3, -0.25) is 0 Å². The summed E-state index contributed by atoms with van der Waals surface area (Å²) in [4.78, 5) is 0. The van der Waals surface area contributed by atoms with E-state index in [1.54, 1.807) is 0 Å². The van der Waals surface area contributed by atoms with Crippen molar-refractivity contribution in [2.75, 3.05) is 0 Å². The molecule has 7 aromatic rings. The lowest BCUT2D eigenvalue weighted by molar-refractivity contribution is 1.18. The van der Waals surface area contributed by atoms with Gasteiger partial charge >= 0.3 is 0 Å². The molecule has 1 heteroatoms. The highest BCUT2D eigenvalue weighted by atomic mass is 15.0. The molecule has 0 atom stereocenters. The predicted octanol–water partition coefficient (Wildman–Crippen LogP) is 9.69. The molecule has 38 heavy (non-hydrogen) atoms. The van der Waals surface area contributed by atoms with Gasteiger partial charge in [-0.05, 0) is 81.3 Å². The van der Waals surface area contributed by atoms with E-state index in [0.717, 1.165) is 6.42 Å². The Labute approximate surface area is 222 Å². The lowest BCUT2D eigenvalue weighted by Crippen LogP contribution is -1.94. The third-order valence-corrected chi connectivity index (χ3v) is 8.04. The molecule has 0 N–H and O–H groups in total. The van der Waals surface area contributed by atoms with Gasteiger partial charge in [-0.2, -0.15) is 0 Å². The zero-order valence-corrected chi connectivity index (χ0v) is 20.9. The van der Waals surface area contributed by atoms with Gasteiger partial charge in [0.05, 0.1) is 11.0 Å². The maximum absolute atomic E-state index is 2.41. The normalized spacial score (nSPS) is 12.1. The first kappa shape index (κ1) is 21.2. The molecule has 1 aromatic heterocycles. The van der Waals surface area contributed by atoms with E-state index >= 15 is 0 Å². The molecule has 0 bridgehead atoms. The molecular weight excluding hydrogens is 458 g/mol. The fraction of sp³-hybridized carbons (Fsp3) is 0.0270. The third kappa shape index (κ3) is 3.26. The van der Waals surface area contributed by atoms with Gasteiger partial charge < -0.3 is 4.57 Å². The molecule has 1 aliphatic carbocycles. The topological polar surface area (TPSA) is 4.93 Å². The zero-order valence-electron chi connectivity index (χ0n) is 20.9. The van der Waals surface area contributed by atoms with Crippen LogP contribution in [0.5, 0.6) is 0 Å². The number of benzene rings is 6. The number of para-hydroxylation sites is 1. The Morgan fingerprint density at radius 2 is 1.03 bits per heavy atom. The summed E-state index contributed by atoms with van der Waals surface area (Å²) in [6, 6.07) is 51.0. The molecule has 0 saturated heterocycles. The zero-order chi connectivity index (χ0) is 25.1. The Hall–Kier alpha value is -4.88. The van der Waals surface area contributed by atoms with E-state index in [9.17, 15) is 0 Å². The third-order valence-electron chi connectivity index (χ3n) is 8.04. The van der Waals surface area contributed by atoms with Crippen LogP contribution in [0.25, 0.3) is 60.9 Å². The molecule has 1 heterocycles. The first-order chi connectivity index (χ1) is 18.8. The molecule has 0 radical (unpaired) electrons. The highest BCUT2D eigenvalue weighted by Crippen LogP contribution is 2.40. The number of aromatic nitrogens is 1. The lowest BCUT2D eigenvalue weighted by Gasteiger charge is -2.11. The first-order valence-corrected chi connectivity index (χ1v) is 13.2. The second-order valence-electron chi connectivity index (χ2n) is 10.2. The molecule has 0 saturated carbocycles. The van der Waals surface area contributed by atoms with Crippen LogP contribution in [0.2, 0.25) is 0 Å². The van der Waals surface area contributed by atoms with Crippen LogP contribution >= 0.6 is 0 Å². The maximum atomic E-state index is 2.41. The highest BCUT2D eigenvalue weighted by Gasteiger charge is 2.19. The number of hydrogen-bond acceptors (Lipinski definition) is 0. The molecule has 8 rings (SSSR count). The van der Waals surface area contributed by atoms with Crippen LogP contribution in [0.3, 0.4) is 0 Å². The highest BCUT2D eigenvalue weighted by molar-refractivity contribution is 6.10. The predicted molar refractivity (Wildman–Crippen MR) is 160 cm³/mol. The van der Waals surface area contributed by atoms with Crippen molar-refractivity contribution in [3.8, 4) is 39.1 Å². The average molecular weight is 484 g/mol. The van der Waals surface area contributed by atoms with Crippen molar-refractivity contribution in [1.29, 1.82) is 0 Å². The molecule has 1 nitrogen and oxygen atoms in total. The average Bonchev–Trinajstić information content (AvgIpc) is 3.52. The van der Waals surface area contributed by atoms with Gasteiger partial charge in [-0.25, -0.2) is 0 Å². The van der Waals surface area contributed by atoms with Gasteiger partial charge in [-0.15, -0.1) is 0 Å². The van der Waals surface area contributed by atoms with Crippen molar-refractivity contribution in [3.63, 3.8) is 0 Å². The van der Waals surface area contributed by atoms with E-state index in [4.69, 9.17) is 0 Å². The molecule has 0 spiro atoms. The summed E-state index contributed by atoms with van der Waals surface area (Å²) in [7, 11) is 0. The second kappa shape index (κ2) is 8.33. The SMILES string of the molecule is c1ccc(-c2ccc(-n3c4ccccc4c4ccc(-c5ccc6c(c5)-c5ccccc5C6)cc43)cc2)cc1. The van der Waals surface area contributed by atoms with E-state index in [0.29, 0.717) is 0 Å². The summed E-state index contributed by atoms with van der Waals surface area (Å²) in [5, 5.41) is 2.56. The number of rotatable bonds is 3. The van der Waals surface area contributed by atoms with Crippen molar-refractivity contribution >= 4 is 21.8 Å². The molecule has 1 aliphatic rings. The summed E-state index contributed by atoms with van der Waals surface area (Å²) in [6.07, 6.45) is 1.03. The van der Waals surface area contributed by atoms with Crippen molar-refractivity contribution < 1.29 is 0 Å². The smallest absolute Gasteiger partial charge is 0.0547 e. The van der Waals surface area contributed by atoms with E-state index in [1.165, 1.54) is 72.0 Å². The van der Waals surface area contributed by atoms with Crippen molar-refractivity contribution in [1.82, 2.24) is 4.57 Å². The van der Waals surface area contributed by atoms with Gasteiger partial charge in [0.25, 0.3) is 0 Å². The van der Waals surface area contributed by atoms with E-state index in [1.807, 2.05) is 0 Å². The first-order valence-electron chi connectivity index (χ1n) is 13.2. The van der Waals surface area contributed by atoms with E-state index in [-0.39, 0.29) is 0 Å². The van der Waals surface area contributed by atoms with Crippen LogP contribution in [-0.2, 0) is 6.42 Å². The van der Waals surface area contributed by atoms with Crippen LogP contribution in [0.15, 0.2) is 140 Å². The number of hydrogen-bond donors (Lipinski definition) is 0. The Bertz CT molecular complexity index is 1970. The van der Waals surface area contributed by atoms with Crippen molar-refractivity contribution in [2.45, 2.75) is 6.42 Å². The minimum absolute atomic E-state index is 1.03. The Morgan fingerprint density at radius 1 is 0.395 bits per heavy atom. The molecule has 178 valence electrons. The summed E-state index contributed by atoms with van der Waals surface area (Å²) in [5.74, 6) is 0. The van der Waals surface area contributed by atoms with Gasteiger partial charge in [-0.1, -0.05) is 109 Å². The van der Waals surface area contributed by atoms with Gasteiger partial charge in [0.15, 0.2) is 0 Å². The molecular formula is C37H25N. The Balaban J connectivity index is 1.29. The molecule has 0 aliphatic heterocycles. The minimum Gasteiger partial charge on any atom is -0.309 e. The lowest BCUT2D eigenvalue weighted by atomic mass is 9.98. The van der Waals surface area contributed by atoms with E-state index in [2.05, 4.69) is 144 Å². The summed E-state index contributed by atoms with van der Waals surface area (Å²) in [5.41, 5.74) is 14.2. The maximum Gasteiger partial charge on any atom is 0.0547 e. The minimum atomic E-state index is 1.03. The van der Waals surface area contributed by atoms with Gasteiger partial charge in [0, 0.05) is 16.5 Å². The van der Waals surface area contributed by atoms with Gasteiger partial charge in [0.2, 0.25) is 0 Å². The van der Waals surface area contributed by atoms with Crippen molar-refractivity contribution in [2.24, 2.45) is 0 Å². The van der Waals surface area contributed by atoms with Crippen LogP contribution < -0.4 is 0 Å². The standard InChI is InChI=1S/C37H25N/c1-2-8-25(9-3-1)26-16-19-31(20-17-26)38-36-13-7-6-12-33(36)34-21-18-28(24-37(34)38)27-14-15-30-22-29-10-4-5-11-32(29)35(30)23-27/h1-21,23-24H,22H2. The fourth-order valence-electron chi connectivity index (χ4n) is 6.17. The molecule has 0 unspecified atom stereocenters.